The number of hydrogen-bond acceptors (Lipinski definition) is 4. The average Bonchev–Trinajstić information content (AvgIpc) is 2.61. The van der Waals surface area contributed by atoms with Gasteiger partial charge in [0.1, 0.15) is 17.2 Å². The van der Waals surface area contributed by atoms with E-state index in [1.165, 1.54) is 0 Å². The van der Waals surface area contributed by atoms with Gasteiger partial charge in [0.2, 0.25) is 0 Å². The molecule has 2 aromatic carbocycles. The fourth-order valence-corrected chi connectivity index (χ4v) is 2.51. The van der Waals surface area contributed by atoms with Crippen LogP contribution in [-0.2, 0) is 4.79 Å². The molecule has 0 bridgehead atoms. The number of methoxy groups -OCH3 is 2. The van der Waals surface area contributed by atoms with Gasteiger partial charge in [-0.15, -0.1) is 0 Å². The highest BCUT2D eigenvalue weighted by Crippen LogP contribution is 2.30. The molecule has 0 fully saturated rings. The summed E-state index contributed by atoms with van der Waals surface area (Å²) in [5.74, 6) is 0.922. The third-order valence-electron chi connectivity index (χ3n) is 3.75. The molecule has 0 saturated carbocycles. The van der Waals surface area contributed by atoms with Gasteiger partial charge in [-0.25, -0.2) is 4.79 Å². The van der Waals surface area contributed by atoms with Crippen LogP contribution in [0.2, 0.25) is 0 Å². The van der Waals surface area contributed by atoms with Gasteiger partial charge < -0.3 is 19.3 Å². The zero-order valence-corrected chi connectivity index (χ0v) is 14.8. The molecule has 2 aromatic rings. The van der Waals surface area contributed by atoms with Gasteiger partial charge in [-0.05, 0) is 61.4 Å². The van der Waals surface area contributed by atoms with Crippen molar-refractivity contribution in [2.75, 3.05) is 20.8 Å². The Kier molecular flexibility index (Phi) is 6.06. The molecule has 2 rings (SSSR count). The van der Waals surface area contributed by atoms with Crippen molar-refractivity contribution in [3.63, 3.8) is 0 Å². The molecule has 0 atom stereocenters. The number of hydrogen-bond donors (Lipinski definition) is 1. The minimum absolute atomic E-state index is 0.165. The van der Waals surface area contributed by atoms with Crippen molar-refractivity contribution < 1.29 is 24.1 Å². The maximum absolute atomic E-state index is 11.8. The largest absolute Gasteiger partial charge is 0.497 e. The van der Waals surface area contributed by atoms with Crippen molar-refractivity contribution in [1.82, 2.24) is 0 Å². The van der Waals surface area contributed by atoms with Crippen LogP contribution in [0.25, 0.3) is 11.6 Å². The molecule has 0 aliphatic carbocycles. The smallest absolute Gasteiger partial charge is 0.336 e. The van der Waals surface area contributed by atoms with E-state index < -0.39 is 5.97 Å². The molecule has 5 nitrogen and oxygen atoms in total. The number of rotatable bonds is 7. The third-order valence-corrected chi connectivity index (χ3v) is 3.75. The number of aliphatic carboxylic acids is 1. The third kappa shape index (κ3) is 4.32. The number of ether oxygens (including phenoxy) is 3. The first-order valence-corrected chi connectivity index (χ1v) is 7.91. The molecular weight excluding hydrogens is 320 g/mol. The second-order valence-corrected chi connectivity index (χ2v) is 5.38. The SMILES string of the molecule is CCOc1ccc(/C(=C/c2cc(OC)ccc2OC)C(=O)O)cc1C. The maximum atomic E-state index is 11.8. The molecule has 1 N–H and O–H groups in total. The molecule has 5 heteroatoms. The molecule has 0 aliphatic rings. The summed E-state index contributed by atoms with van der Waals surface area (Å²) in [6.45, 7) is 4.36. The van der Waals surface area contributed by atoms with Crippen LogP contribution in [0.5, 0.6) is 17.2 Å². The maximum Gasteiger partial charge on any atom is 0.336 e. The normalized spacial score (nSPS) is 11.1. The molecule has 0 heterocycles. The topological polar surface area (TPSA) is 65.0 Å². The van der Waals surface area contributed by atoms with Crippen LogP contribution in [0.4, 0.5) is 0 Å². The van der Waals surface area contributed by atoms with Gasteiger partial charge in [0.05, 0.1) is 26.4 Å². The molecule has 0 aliphatic heterocycles. The molecule has 0 spiro atoms. The molecule has 0 saturated heterocycles. The summed E-state index contributed by atoms with van der Waals surface area (Å²) >= 11 is 0. The van der Waals surface area contributed by atoms with Crippen LogP contribution in [0.1, 0.15) is 23.6 Å². The fourth-order valence-electron chi connectivity index (χ4n) is 2.51. The van der Waals surface area contributed by atoms with Gasteiger partial charge in [0.15, 0.2) is 0 Å². The summed E-state index contributed by atoms with van der Waals surface area (Å²) in [5.41, 5.74) is 2.27. The fraction of sp³-hybridized carbons (Fsp3) is 0.250. The lowest BCUT2D eigenvalue weighted by molar-refractivity contribution is -0.130. The molecule has 0 unspecified atom stereocenters. The molecule has 0 aromatic heterocycles. The zero-order valence-electron chi connectivity index (χ0n) is 14.8. The Morgan fingerprint density at radius 2 is 1.80 bits per heavy atom. The second-order valence-electron chi connectivity index (χ2n) is 5.38. The number of carboxylic acid groups (broad SMARTS) is 1. The van der Waals surface area contributed by atoms with Crippen LogP contribution < -0.4 is 14.2 Å². The lowest BCUT2D eigenvalue weighted by atomic mass is 10.00. The number of carbonyl (C=O) groups is 1. The van der Waals surface area contributed by atoms with Crippen LogP contribution in [0, 0.1) is 6.92 Å². The summed E-state index contributed by atoms with van der Waals surface area (Å²) in [6, 6.07) is 10.6. The van der Waals surface area contributed by atoms with E-state index in [2.05, 4.69) is 0 Å². The van der Waals surface area contributed by atoms with Crippen molar-refractivity contribution in [3.05, 3.63) is 53.1 Å². The Labute approximate surface area is 147 Å². The van der Waals surface area contributed by atoms with Crippen LogP contribution in [0.3, 0.4) is 0 Å². The van der Waals surface area contributed by atoms with Gasteiger partial charge in [-0.1, -0.05) is 6.07 Å². The standard InChI is InChI=1S/C20H22O5/c1-5-25-18-8-6-14(10-13(18)2)17(20(21)22)12-15-11-16(23-3)7-9-19(15)24-4/h6-12H,5H2,1-4H3,(H,21,22)/b17-12-. The van der Waals surface area contributed by atoms with Crippen LogP contribution in [0.15, 0.2) is 36.4 Å². The summed E-state index contributed by atoms with van der Waals surface area (Å²) < 4.78 is 16.1. The zero-order chi connectivity index (χ0) is 18.4. The minimum Gasteiger partial charge on any atom is -0.497 e. The van der Waals surface area contributed by atoms with E-state index in [1.54, 1.807) is 56.7 Å². The van der Waals surface area contributed by atoms with Crippen molar-refractivity contribution >= 4 is 17.6 Å². The Morgan fingerprint density at radius 1 is 1.08 bits per heavy atom. The monoisotopic (exact) mass is 342 g/mol. The Morgan fingerprint density at radius 3 is 2.36 bits per heavy atom. The first kappa shape index (κ1) is 18.4. The van der Waals surface area contributed by atoms with Gasteiger partial charge in [-0.2, -0.15) is 0 Å². The summed E-state index contributed by atoms with van der Waals surface area (Å²) in [4.78, 5) is 11.8. The Bertz CT molecular complexity index is 793. The van der Waals surface area contributed by atoms with Crippen LogP contribution >= 0.6 is 0 Å². The number of aryl methyl sites for hydroxylation is 1. The molecular formula is C20H22O5. The van der Waals surface area contributed by atoms with Crippen molar-refractivity contribution in [2.45, 2.75) is 13.8 Å². The van der Waals surface area contributed by atoms with Crippen LogP contribution in [-0.4, -0.2) is 31.9 Å². The first-order valence-electron chi connectivity index (χ1n) is 7.91. The van der Waals surface area contributed by atoms with Gasteiger partial charge in [-0.3, -0.25) is 0 Å². The van der Waals surface area contributed by atoms with Crippen molar-refractivity contribution in [2.24, 2.45) is 0 Å². The predicted molar refractivity (Wildman–Crippen MR) is 97.4 cm³/mol. The minimum atomic E-state index is -1.02. The summed E-state index contributed by atoms with van der Waals surface area (Å²) in [6.07, 6.45) is 1.58. The van der Waals surface area contributed by atoms with E-state index in [-0.39, 0.29) is 5.57 Å². The molecule has 132 valence electrons. The predicted octanol–water partition coefficient (Wildman–Crippen LogP) is 4.04. The summed E-state index contributed by atoms with van der Waals surface area (Å²) in [5, 5.41) is 9.67. The highest BCUT2D eigenvalue weighted by atomic mass is 16.5. The Hall–Kier alpha value is -2.95. The van der Waals surface area contributed by atoms with E-state index in [9.17, 15) is 9.90 Å². The molecule has 25 heavy (non-hydrogen) atoms. The highest BCUT2D eigenvalue weighted by molar-refractivity contribution is 6.20. The molecule has 0 radical (unpaired) electrons. The van der Waals surface area contributed by atoms with E-state index in [0.717, 1.165) is 11.3 Å². The highest BCUT2D eigenvalue weighted by Gasteiger charge is 2.14. The Balaban J connectivity index is 2.53. The van der Waals surface area contributed by atoms with Gasteiger partial charge in [0, 0.05) is 5.56 Å². The lowest BCUT2D eigenvalue weighted by Crippen LogP contribution is -2.02. The number of carboxylic acids is 1. The number of benzene rings is 2. The van der Waals surface area contributed by atoms with Crippen molar-refractivity contribution in [3.8, 4) is 17.2 Å². The molecule has 0 amide bonds. The summed E-state index contributed by atoms with van der Waals surface area (Å²) in [7, 11) is 3.10. The van der Waals surface area contributed by atoms with E-state index in [0.29, 0.717) is 29.2 Å². The van der Waals surface area contributed by atoms with Gasteiger partial charge in [0.25, 0.3) is 0 Å². The van der Waals surface area contributed by atoms with Gasteiger partial charge >= 0.3 is 5.97 Å². The quantitative estimate of drug-likeness (QED) is 0.608. The lowest BCUT2D eigenvalue weighted by Gasteiger charge is -2.11. The second kappa shape index (κ2) is 8.24. The average molecular weight is 342 g/mol. The van der Waals surface area contributed by atoms with E-state index in [4.69, 9.17) is 14.2 Å². The first-order chi connectivity index (χ1) is 12.0. The van der Waals surface area contributed by atoms with Crippen molar-refractivity contribution in [1.29, 1.82) is 0 Å². The van der Waals surface area contributed by atoms with E-state index >= 15 is 0 Å². The van der Waals surface area contributed by atoms with E-state index in [1.807, 2.05) is 13.8 Å².